The van der Waals surface area contributed by atoms with Crippen molar-refractivity contribution in [3.63, 3.8) is 0 Å². The van der Waals surface area contributed by atoms with Gasteiger partial charge in [0, 0.05) is 0 Å². The standard InChI is InChI=1S/C9H20N.CH2O3/c1-10(2,3)9-7-5-4-6-8-9;2-1(3)4/h9H,4-8H2,1-3H3;(H2,2,3,4)/q+1;/p-1. The maximum Gasteiger partial charge on any atom is 0.249 e. The summed E-state index contributed by atoms with van der Waals surface area (Å²) in [5.41, 5.74) is 0. The van der Waals surface area contributed by atoms with Gasteiger partial charge in [-0.15, -0.1) is 0 Å². The van der Waals surface area contributed by atoms with Gasteiger partial charge in [0.05, 0.1) is 27.2 Å². The smallest absolute Gasteiger partial charge is 0.249 e. The van der Waals surface area contributed by atoms with Crippen LogP contribution in [0.4, 0.5) is 4.79 Å². The Bertz CT molecular complexity index is 165. The highest BCUT2D eigenvalue weighted by Gasteiger charge is 2.24. The van der Waals surface area contributed by atoms with E-state index in [0.29, 0.717) is 0 Å². The van der Waals surface area contributed by atoms with Gasteiger partial charge in [-0.25, -0.2) is 0 Å². The first-order chi connectivity index (χ1) is 6.34. The Morgan fingerprint density at radius 3 is 1.79 bits per heavy atom. The van der Waals surface area contributed by atoms with E-state index in [-0.39, 0.29) is 0 Å². The molecular formula is C10H21NO3. The van der Waals surface area contributed by atoms with Gasteiger partial charge in [0.15, 0.2) is 0 Å². The van der Waals surface area contributed by atoms with Crippen molar-refractivity contribution in [3.05, 3.63) is 0 Å². The molecule has 14 heavy (non-hydrogen) atoms. The average molecular weight is 203 g/mol. The van der Waals surface area contributed by atoms with Crippen LogP contribution in [0.1, 0.15) is 32.1 Å². The summed E-state index contributed by atoms with van der Waals surface area (Å²) < 4.78 is 1.17. The van der Waals surface area contributed by atoms with E-state index in [1.165, 1.54) is 36.6 Å². The molecule has 0 aliphatic heterocycles. The lowest BCUT2D eigenvalue weighted by atomic mass is 9.94. The molecule has 4 heteroatoms. The zero-order chi connectivity index (χ0) is 11.2. The molecule has 4 nitrogen and oxygen atoms in total. The molecule has 0 aromatic carbocycles. The molecule has 1 saturated carbocycles. The van der Waals surface area contributed by atoms with Crippen molar-refractivity contribution < 1.29 is 19.5 Å². The summed E-state index contributed by atoms with van der Waals surface area (Å²) >= 11 is 0. The molecule has 0 bridgehead atoms. The predicted octanol–water partition coefficient (Wildman–Crippen LogP) is 0.913. The van der Waals surface area contributed by atoms with Crippen molar-refractivity contribution in [3.8, 4) is 0 Å². The van der Waals surface area contributed by atoms with Gasteiger partial charge in [-0.2, -0.15) is 0 Å². The Kier molecular flexibility index (Phi) is 5.53. The number of carboxylic acid groups (broad SMARTS) is 2. The summed E-state index contributed by atoms with van der Waals surface area (Å²) in [4.78, 5) is 8.44. The highest BCUT2D eigenvalue weighted by Crippen LogP contribution is 2.23. The molecule has 84 valence electrons. The maximum atomic E-state index is 8.44. The number of nitrogens with zero attached hydrogens (tertiary/aromatic N) is 1. The van der Waals surface area contributed by atoms with Gasteiger partial charge in [0.2, 0.25) is 6.16 Å². The van der Waals surface area contributed by atoms with Crippen molar-refractivity contribution in [2.45, 2.75) is 38.1 Å². The normalized spacial score (nSPS) is 18.2. The van der Waals surface area contributed by atoms with E-state index in [9.17, 15) is 0 Å². The summed E-state index contributed by atoms with van der Waals surface area (Å²) in [5, 5.41) is 15.3. The van der Waals surface area contributed by atoms with Crippen LogP contribution in [0.15, 0.2) is 0 Å². The molecule has 0 saturated heterocycles. The molecule has 0 atom stereocenters. The highest BCUT2D eigenvalue weighted by molar-refractivity contribution is 5.50. The fourth-order valence-electron chi connectivity index (χ4n) is 1.86. The minimum Gasteiger partial charge on any atom is -0.565 e. The van der Waals surface area contributed by atoms with E-state index in [1.54, 1.807) is 0 Å². The third-order valence-electron chi connectivity index (χ3n) is 2.67. The Morgan fingerprint density at radius 1 is 1.21 bits per heavy atom. The van der Waals surface area contributed by atoms with Gasteiger partial charge in [-0.05, 0) is 25.7 Å². The zero-order valence-corrected chi connectivity index (χ0v) is 9.32. The van der Waals surface area contributed by atoms with Crippen LogP contribution in [0.2, 0.25) is 0 Å². The molecule has 0 heterocycles. The summed E-state index contributed by atoms with van der Waals surface area (Å²) in [5.74, 6) is 0. The number of hydrogen-bond donors (Lipinski definition) is 1. The van der Waals surface area contributed by atoms with E-state index in [4.69, 9.17) is 15.0 Å². The van der Waals surface area contributed by atoms with Gasteiger partial charge >= 0.3 is 0 Å². The molecule has 1 fully saturated rings. The second-order valence-electron chi connectivity index (χ2n) is 4.67. The lowest BCUT2D eigenvalue weighted by molar-refractivity contribution is -0.897. The van der Waals surface area contributed by atoms with Crippen LogP contribution in [0.3, 0.4) is 0 Å². The third-order valence-corrected chi connectivity index (χ3v) is 2.67. The maximum absolute atomic E-state index is 8.44. The first kappa shape index (κ1) is 13.2. The Balaban J connectivity index is 0.000000364. The Hall–Kier alpha value is -0.770. The molecule has 1 aliphatic rings. The van der Waals surface area contributed by atoms with Crippen LogP contribution >= 0.6 is 0 Å². The lowest BCUT2D eigenvalue weighted by Gasteiger charge is -2.36. The molecule has 1 rings (SSSR count). The molecular weight excluding hydrogens is 182 g/mol. The summed E-state index contributed by atoms with van der Waals surface area (Å²) in [6, 6.07) is 0.939. The third kappa shape index (κ3) is 6.71. The van der Waals surface area contributed by atoms with Crippen LogP contribution in [0.25, 0.3) is 0 Å². The van der Waals surface area contributed by atoms with E-state index in [2.05, 4.69) is 21.1 Å². The van der Waals surface area contributed by atoms with Crippen molar-refractivity contribution in [1.82, 2.24) is 0 Å². The average Bonchev–Trinajstić information content (AvgIpc) is 2.03. The second-order valence-corrected chi connectivity index (χ2v) is 4.67. The molecule has 0 radical (unpaired) electrons. The van der Waals surface area contributed by atoms with Crippen molar-refractivity contribution in [2.75, 3.05) is 21.1 Å². The van der Waals surface area contributed by atoms with Crippen LogP contribution < -0.4 is 5.11 Å². The predicted molar refractivity (Wildman–Crippen MR) is 52.9 cm³/mol. The van der Waals surface area contributed by atoms with E-state index in [0.717, 1.165) is 6.04 Å². The highest BCUT2D eigenvalue weighted by atomic mass is 16.6. The fraction of sp³-hybridized carbons (Fsp3) is 0.900. The zero-order valence-electron chi connectivity index (χ0n) is 9.32. The van der Waals surface area contributed by atoms with Crippen molar-refractivity contribution >= 4 is 6.16 Å². The largest absolute Gasteiger partial charge is 0.565 e. The van der Waals surface area contributed by atoms with Crippen molar-refractivity contribution in [1.29, 1.82) is 0 Å². The molecule has 0 aromatic rings. The van der Waals surface area contributed by atoms with Gasteiger partial charge < -0.3 is 19.5 Å². The van der Waals surface area contributed by atoms with Crippen LogP contribution in [-0.4, -0.2) is 42.9 Å². The number of hydrogen-bond acceptors (Lipinski definition) is 2. The SMILES string of the molecule is C[N+](C)(C)C1CCCCC1.O=C([O-])O. The van der Waals surface area contributed by atoms with Crippen LogP contribution in [0, 0.1) is 0 Å². The first-order valence-electron chi connectivity index (χ1n) is 5.05. The second kappa shape index (κ2) is 5.86. The summed E-state index contributed by atoms with van der Waals surface area (Å²) in [6.45, 7) is 0. The molecule has 1 aliphatic carbocycles. The molecule has 0 amide bonds. The van der Waals surface area contributed by atoms with E-state index in [1.807, 2.05) is 0 Å². The lowest BCUT2D eigenvalue weighted by Crippen LogP contribution is -2.45. The fourth-order valence-corrected chi connectivity index (χ4v) is 1.86. The quantitative estimate of drug-likeness (QED) is 0.644. The molecule has 0 spiro atoms. The van der Waals surface area contributed by atoms with E-state index < -0.39 is 6.16 Å². The van der Waals surface area contributed by atoms with Crippen LogP contribution in [0.5, 0.6) is 0 Å². The Labute approximate surface area is 85.7 Å². The van der Waals surface area contributed by atoms with Gasteiger partial charge in [-0.3, -0.25) is 0 Å². The van der Waals surface area contributed by atoms with Gasteiger partial charge in [0.1, 0.15) is 0 Å². The summed E-state index contributed by atoms with van der Waals surface area (Å²) in [6.07, 6.45) is 5.20. The minimum atomic E-state index is -2.08. The minimum absolute atomic E-state index is 0.939. The number of quaternary nitrogens is 1. The van der Waals surface area contributed by atoms with Crippen LogP contribution in [-0.2, 0) is 0 Å². The molecule has 1 N–H and O–H groups in total. The molecule has 0 aromatic heterocycles. The summed E-state index contributed by atoms with van der Waals surface area (Å²) in [7, 11) is 6.95. The van der Waals surface area contributed by atoms with Crippen molar-refractivity contribution in [2.24, 2.45) is 0 Å². The first-order valence-corrected chi connectivity index (χ1v) is 5.05. The van der Waals surface area contributed by atoms with Gasteiger partial charge in [-0.1, -0.05) is 6.42 Å². The van der Waals surface area contributed by atoms with Gasteiger partial charge in [0.25, 0.3) is 0 Å². The topological polar surface area (TPSA) is 60.4 Å². The monoisotopic (exact) mass is 203 g/mol. The Morgan fingerprint density at radius 2 is 1.57 bits per heavy atom. The molecule has 0 unspecified atom stereocenters. The van der Waals surface area contributed by atoms with E-state index >= 15 is 0 Å². The number of rotatable bonds is 1. The number of carbonyl (C=O) groups is 1.